The van der Waals surface area contributed by atoms with E-state index in [4.69, 9.17) is 0 Å². The minimum atomic E-state index is -3.33. The summed E-state index contributed by atoms with van der Waals surface area (Å²) in [5.74, 6) is -0.00759. The highest BCUT2D eigenvalue weighted by molar-refractivity contribution is 7.89. The average molecular weight is 350 g/mol. The first-order chi connectivity index (χ1) is 11.3. The predicted molar refractivity (Wildman–Crippen MR) is 94.7 cm³/mol. The van der Waals surface area contributed by atoms with Gasteiger partial charge < -0.3 is 4.90 Å². The van der Waals surface area contributed by atoms with E-state index < -0.39 is 15.3 Å². The van der Waals surface area contributed by atoms with Gasteiger partial charge in [0, 0.05) is 32.7 Å². The lowest BCUT2D eigenvalue weighted by Crippen LogP contribution is -2.48. The first-order valence-electron chi connectivity index (χ1n) is 8.64. The van der Waals surface area contributed by atoms with Gasteiger partial charge in [0.25, 0.3) is 5.91 Å². The number of likely N-dealkylation sites (tertiary alicyclic amines) is 1. The highest BCUT2D eigenvalue weighted by Crippen LogP contribution is 2.30. The molecule has 1 amide bonds. The molecule has 1 aliphatic carbocycles. The second-order valence-electron chi connectivity index (χ2n) is 7.08. The molecule has 2 aliphatic rings. The van der Waals surface area contributed by atoms with Crippen LogP contribution in [0, 0.1) is 6.92 Å². The van der Waals surface area contributed by atoms with Crippen LogP contribution in [0.5, 0.6) is 0 Å². The Bertz CT molecular complexity index is 756. The molecule has 0 N–H and O–H groups in total. The normalized spacial score (nSPS) is 21.2. The van der Waals surface area contributed by atoms with Gasteiger partial charge in [0.15, 0.2) is 0 Å². The number of aryl methyl sites for hydroxylation is 1. The van der Waals surface area contributed by atoms with Crippen LogP contribution in [0.3, 0.4) is 0 Å². The molecule has 1 heterocycles. The molecule has 0 spiro atoms. The van der Waals surface area contributed by atoms with Gasteiger partial charge in [-0.05, 0) is 61.8 Å². The summed E-state index contributed by atoms with van der Waals surface area (Å²) < 4.78 is 26.1. The highest BCUT2D eigenvalue weighted by Gasteiger charge is 2.35. The molecule has 5 nitrogen and oxygen atoms in total. The van der Waals surface area contributed by atoms with Crippen LogP contribution in [0.15, 0.2) is 12.1 Å². The maximum Gasteiger partial charge on any atom is 0.254 e. The van der Waals surface area contributed by atoms with Crippen molar-refractivity contribution in [1.29, 1.82) is 0 Å². The first kappa shape index (κ1) is 17.4. The number of amides is 1. The smallest absolute Gasteiger partial charge is 0.254 e. The lowest BCUT2D eigenvalue weighted by atomic mass is 9.97. The van der Waals surface area contributed by atoms with E-state index in [1.807, 2.05) is 12.1 Å². The standard InChI is InChI=1S/C18H26N2O3S/c1-13-9-10-17(16-8-4-7-15(13)16)18(21)20-11-5-6-14(12-20)24(22,23)19(2)3/h9-10,14H,4-8,11-12H2,1-3H3. The zero-order chi connectivity index (χ0) is 17.5. The van der Waals surface area contributed by atoms with E-state index in [0.29, 0.717) is 19.5 Å². The van der Waals surface area contributed by atoms with Crippen molar-refractivity contribution < 1.29 is 13.2 Å². The molecule has 1 unspecified atom stereocenters. The molecular weight excluding hydrogens is 324 g/mol. The van der Waals surface area contributed by atoms with Crippen LogP contribution in [-0.4, -0.2) is 56.0 Å². The highest BCUT2D eigenvalue weighted by atomic mass is 32.2. The van der Waals surface area contributed by atoms with Crippen LogP contribution in [0.1, 0.15) is 46.3 Å². The summed E-state index contributed by atoms with van der Waals surface area (Å²) in [6.45, 7) is 3.03. The number of carbonyl (C=O) groups is 1. The van der Waals surface area contributed by atoms with E-state index in [9.17, 15) is 13.2 Å². The van der Waals surface area contributed by atoms with E-state index in [1.54, 1.807) is 19.0 Å². The molecule has 0 aromatic heterocycles. The lowest BCUT2D eigenvalue weighted by Gasteiger charge is -2.34. The Hall–Kier alpha value is -1.40. The molecule has 1 fully saturated rings. The van der Waals surface area contributed by atoms with E-state index >= 15 is 0 Å². The van der Waals surface area contributed by atoms with Crippen molar-refractivity contribution in [3.05, 3.63) is 34.4 Å². The fraction of sp³-hybridized carbons (Fsp3) is 0.611. The van der Waals surface area contributed by atoms with Crippen molar-refractivity contribution in [2.24, 2.45) is 0 Å². The SMILES string of the molecule is Cc1ccc(C(=O)N2CCCC(S(=O)(=O)N(C)C)C2)c2c1CCC2. The molecule has 132 valence electrons. The van der Waals surface area contributed by atoms with E-state index in [1.165, 1.54) is 21.0 Å². The summed E-state index contributed by atoms with van der Waals surface area (Å²) in [7, 11) is -0.210. The number of benzene rings is 1. The van der Waals surface area contributed by atoms with Crippen LogP contribution < -0.4 is 0 Å². The summed E-state index contributed by atoms with van der Waals surface area (Å²) >= 11 is 0. The number of sulfonamides is 1. The van der Waals surface area contributed by atoms with Crippen LogP contribution >= 0.6 is 0 Å². The van der Waals surface area contributed by atoms with Gasteiger partial charge in [-0.2, -0.15) is 0 Å². The van der Waals surface area contributed by atoms with Gasteiger partial charge in [0.1, 0.15) is 0 Å². The third-order valence-corrected chi connectivity index (χ3v) is 7.59. The second-order valence-corrected chi connectivity index (χ2v) is 9.51. The molecule has 1 atom stereocenters. The lowest BCUT2D eigenvalue weighted by molar-refractivity contribution is 0.0725. The Labute approximate surface area is 144 Å². The summed E-state index contributed by atoms with van der Waals surface area (Å²) in [6, 6.07) is 3.95. The number of rotatable bonds is 3. The first-order valence-corrected chi connectivity index (χ1v) is 10.1. The maximum atomic E-state index is 13.0. The van der Waals surface area contributed by atoms with E-state index in [0.717, 1.165) is 31.2 Å². The Morgan fingerprint density at radius 1 is 1.17 bits per heavy atom. The van der Waals surface area contributed by atoms with E-state index in [-0.39, 0.29) is 5.91 Å². The topological polar surface area (TPSA) is 57.7 Å². The van der Waals surface area contributed by atoms with Crippen LogP contribution in [0.4, 0.5) is 0 Å². The predicted octanol–water partition coefficient (Wildman–Crippen LogP) is 1.98. The van der Waals surface area contributed by atoms with Gasteiger partial charge in [-0.1, -0.05) is 6.07 Å². The number of fused-ring (bicyclic) bond motifs is 1. The molecule has 1 aliphatic heterocycles. The van der Waals surface area contributed by atoms with Crippen molar-refractivity contribution in [1.82, 2.24) is 9.21 Å². The fourth-order valence-electron chi connectivity index (χ4n) is 3.92. The van der Waals surface area contributed by atoms with Crippen molar-refractivity contribution in [2.75, 3.05) is 27.2 Å². The van der Waals surface area contributed by atoms with Gasteiger partial charge in [-0.3, -0.25) is 4.79 Å². The second kappa shape index (κ2) is 6.48. The summed E-state index contributed by atoms with van der Waals surface area (Å²) in [6.07, 6.45) is 4.44. The molecule has 6 heteroatoms. The molecule has 0 saturated carbocycles. The molecule has 3 rings (SSSR count). The third kappa shape index (κ3) is 2.97. The van der Waals surface area contributed by atoms with Crippen molar-refractivity contribution in [3.63, 3.8) is 0 Å². The third-order valence-electron chi connectivity index (χ3n) is 5.34. The van der Waals surface area contributed by atoms with Crippen LogP contribution in [-0.2, 0) is 22.9 Å². The number of nitrogens with zero attached hydrogens (tertiary/aromatic N) is 2. The minimum Gasteiger partial charge on any atom is -0.337 e. The Kier molecular flexibility index (Phi) is 4.71. The number of carbonyl (C=O) groups excluding carboxylic acids is 1. The minimum absolute atomic E-state index is 0.00759. The van der Waals surface area contributed by atoms with Gasteiger partial charge in [-0.25, -0.2) is 12.7 Å². The molecule has 1 aromatic carbocycles. The van der Waals surface area contributed by atoms with Crippen molar-refractivity contribution in [3.8, 4) is 0 Å². The molecule has 1 aromatic rings. The largest absolute Gasteiger partial charge is 0.337 e. The van der Waals surface area contributed by atoms with Gasteiger partial charge >= 0.3 is 0 Å². The molecule has 1 saturated heterocycles. The monoisotopic (exact) mass is 350 g/mol. The summed E-state index contributed by atoms with van der Waals surface area (Å²) in [4.78, 5) is 14.8. The van der Waals surface area contributed by atoms with Crippen molar-refractivity contribution in [2.45, 2.75) is 44.3 Å². The number of piperidine rings is 1. The Morgan fingerprint density at radius 3 is 2.58 bits per heavy atom. The van der Waals surface area contributed by atoms with Gasteiger partial charge in [0.05, 0.1) is 5.25 Å². The Balaban J connectivity index is 1.85. The summed E-state index contributed by atoms with van der Waals surface area (Å²) in [5, 5.41) is -0.497. The Morgan fingerprint density at radius 2 is 1.88 bits per heavy atom. The van der Waals surface area contributed by atoms with Gasteiger partial charge in [-0.15, -0.1) is 0 Å². The molecular formula is C18H26N2O3S. The van der Waals surface area contributed by atoms with Crippen molar-refractivity contribution >= 4 is 15.9 Å². The summed E-state index contributed by atoms with van der Waals surface area (Å²) in [5.41, 5.74) is 4.52. The fourth-order valence-corrected chi connectivity index (χ4v) is 5.35. The molecule has 0 bridgehead atoms. The quantitative estimate of drug-likeness (QED) is 0.837. The van der Waals surface area contributed by atoms with E-state index in [2.05, 4.69) is 6.92 Å². The zero-order valence-corrected chi connectivity index (χ0v) is 15.5. The number of hydrogen-bond acceptors (Lipinski definition) is 3. The van der Waals surface area contributed by atoms with Crippen LogP contribution in [0.2, 0.25) is 0 Å². The molecule has 0 radical (unpaired) electrons. The average Bonchev–Trinajstić information content (AvgIpc) is 3.05. The van der Waals surface area contributed by atoms with Gasteiger partial charge in [0.2, 0.25) is 10.0 Å². The maximum absolute atomic E-state index is 13.0. The number of hydrogen-bond donors (Lipinski definition) is 0. The van der Waals surface area contributed by atoms with Crippen LogP contribution in [0.25, 0.3) is 0 Å². The zero-order valence-electron chi connectivity index (χ0n) is 14.7. The molecule has 24 heavy (non-hydrogen) atoms.